The predicted octanol–water partition coefficient (Wildman–Crippen LogP) is 4.97. The molecule has 2 aromatic heterocycles. The number of nitrogens with zero attached hydrogens (tertiary/aromatic N) is 3. The molecular formula is C25H28N4O2S. The number of hydrogen-bond donors (Lipinski definition) is 1. The van der Waals surface area contributed by atoms with Crippen LogP contribution >= 0.6 is 11.3 Å². The zero-order chi connectivity index (χ0) is 22.5. The zero-order valence-corrected chi connectivity index (χ0v) is 19.5. The van der Waals surface area contributed by atoms with E-state index in [0.29, 0.717) is 11.6 Å². The number of thiazole rings is 1. The zero-order valence-electron chi connectivity index (χ0n) is 18.7. The quantitative estimate of drug-likeness (QED) is 0.366. The molecule has 0 bridgehead atoms. The van der Waals surface area contributed by atoms with Crippen LogP contribution in [0.1, 0.15) is 35.1 Å². The van der Waals surface area contributed by atoms with Crippen LogP contribution in [0.2, 0.25) is 0 Å². The summed E-state index contributed by atoms with van der Waals surface area (Å²) in [6.07, 6.45) is 6.65. The van der Waals surface area contributed by atoms with Crippen LogP contribution < -0.4 is 0 Å². The van der Waals surface area contributed by atoms with E-state index in [-0.39, 0.29) is 5.97 Å². The number of esters is 1. The van der Waals surface area contributed by atoms with Crippen molar-refractivity contribution in [1.29, 1.82) is 0 Å². The normalized spacial score (nSPS) is 12.4. The Balaban J connectivity index is 1.54. The maximum absolute atomic E-state index is 11.9. The van der Waals surface area contributed by atoms with Crippen molar-refractivity contribution >= 4 is 27.5 Å². The molecule has 0 amide bonds. The van der Waals surface area contributed by atoms with Crippen molar-refractivity contribution in [2.24, 2.45) is 0 Å². The summed E-state index contributed by atoms with van der Waals surface area (Å²) < 4.78 is 6.00. The average molecular weight is 449 g/mol. The second-order valence-corrected chi connectivity index (χ2v) is 8.93. The van der Waals surface area contributed by atoms with Gasteiger partial charge in [-0.3, -0.25) is 0 Å². The van der Waals surface area contributed by atoms with E-state index >= 15 is 0 Å². The molecule has 1 atom stereocenters. The van der Waals surface area contributed by atoms with Crippen LogP contribution in [0.3, 0.4) is 0 Å². The van der Waals surface area contributed by atoms with Crippen LogP contribution in [-0.2, 0) is 17.6 Å². The Kier molecular flexibility index (Phi) is 6.97. The fraction of sp³-hybridized carbons (Fsp3) is 0.320. The summed E-state index contributed by atoms with van der Waals surface area (Å²) in [5, 5.41) is 0.906. The largest absolute Gasteiger partial charge is 0.465 e. The lowest BCUT2D eigenvalue weighted by Gasteiger charge is -2.27. The summed E-state index contributed by atoms with van der Waals surface area (Å²) in [6, 6.07) is 14.4. The third-order valence-corrected chi connectivity index (χ3v) is 6.91. The molecule has 7 heteroatoms. The fourth-order valence-electron chi connectivity index (χ4n) is 3.86. The molecule has 1 unspecified atom stereocenters. The first-order valence-corrected chi connectivity index (χ1v) is 11.7. The number of rotatable bonds is 9. The molecule has 6 nitrogen and oxygen atoms in total. The molecule has 4 rings (SSSR count). The van der Waals surface area contributed by atoms with E-state index in [1.54, 1.807) is 17.4 Å². The Labute approximate surface area is 192 Å². The highest BCUT2D eigenvalue weighted by Crippen LogP contribution is 2.31. The third-order valence-electron chi connectivity index (χ3n) is 5.85. The Morgan fingerprint density at radius 1 is 1.25 bits per heavy atom. The first kappa shape index (κ1) is 22.2. The van der Waals surface area contributed by atoms with Crippen LogP contribution in [0.4, 0.5) is 0 Å². The molecule has 0 fully saturated rings. The van der Waals surface area contributed by atoms with E-state index in [1.165, 1.54) is 12.7 Å². The molecular weight excluding hydrogens is 420 g/mol. The fourth-order valence-corrected chi connectivity index (χ4v) is 4.89. The number of benzene rings is 2. The number of H-pyrrole nitrogens is 1. The summed E-state index contributed by atoms with van der Waals surface area (Å²) in [6.45, 7) is 3.20. The summed E-state index contributed by atoms with van der Waals surface area (Å²) in [4.78, 5) is 26.6. The Hall–Kier alpha value is -3.03. The minimum absolute atomic E-state index is 0.337. The van der Waals surface area contributed by atoms with Crippen molar-refractivity contribution in [2.75, 3.05) is 20.7 Å². The van der Waals surface area contributed by atoms with Gasteiger partial charge in [0.25, 0.3) is 0 Å². The highest BCUT2D eigenvalue weighted by molar-refractivity contribution is 7.21. The van der Waals surface area contributed by atoms with Crippen LogP contribution in [0, 0.1) is 0 Å². The maximum atomic E-state index is 11.9. The van der Waals surface area contributed by atoms with E-state index in [1.807, 2.05) is 30.6 Å². The van der Waals surface area contributed by atoms with Gasteiger partial charge in [-0.15, -0.1) is 11.3 Å². The van der Waals surface area contributed by atoms with Gasteiger partial charge in [0, 0.05) is 30.4 Å². The minimum atomic E-state index is -0.337. The van der Waals surface area contributed by atoms with E-state index in [0.717, 1.165) is 52.4 Å². The van der Waals surface area contributed by atoms with Crippen molar-refractivity contribution < 1.29 is 9.53 Å². The summed E-state index contributed by atoms with van der Waals surface area (Å²) in [5.41, 5.74) is 3.75. The molecule has 32 heavy (non-hydrogen) atoms. The van der Waals surface area contributed by atoms with Crippen molar-refractivity contribution in [3.8, 4) is 10.6 Å². The summed E-state index contributed by atoms with van der Waals surface area (Å²) >= 11 is 1.65. The monoisotopic (exact) mass is 448 g/mol. The number of imidazole rings is 1. The molecule has 0 aliphatic carbocycles. The highest BCUT2D eigenvalue weighted by Gasteiger charge is 2.16. The van der Waals surface area contributed by atoms with Crippen LogP contribution in [0.5, 0.6) is 0 Å². The second-order valence-electron chi connectivity index (χ2n) is 7.90. The van der Waals surface area contributed by atoms with Gasteiger partial charge in [0.2, 0.25) is 0 Å². The van der Waals surface area contributed by atoms with Crippen molar-refractivity contribution in [3.05, 3.63) is 71.8 Å². The summed E-state index contributed by atoms with van der Waals surface area (Å²) in [7, 11) is 3.58. The van der Waals surface area contributed by atoms with Gasteiger partial charge in [0.1, 0.15) is 10.8 Å². The number of aryl methyl sites for hydroxylation is 1. The van der Waals surface area contributed by atoms with Crippen LogP contribution in [-0.4, -0.2) is 52.6 Å². The molecule has 1 N–H and O–H groups in total. The molecule has 0 aliphatic heterocycles. The van der Waals surface area contributed by atoms with Crippen LogP contribution in [0.25, 0.3) is 20.8 Å². The molecule has 2 heterocycles. The van der Waals surface area contributed by atoms with Gasteiger partial charge in [0.05, 0.1) is 22.9 Å². The lowest BCUT2D eigenvalue weighted by atomic mass is 10.00. The number of carbonyl (C=O) groups excluding carboxylic acids is 1. The van der Waals surface area contributed by atoms with Crippen LogP contribution in [0.15, 0.2) is 54.9 Å². The first-order chi connectivity index (χ1) is 15.6. The standard InChI is InChI=1S/C25H28N4O2S/c1-4-29(2)20(9-11-23-26-12-13-27-23)14-17-8-10-21-22(15-17)32-24(28-21)18-6-5-7-19(16-18)25(30)31-3/h5-8,10,12-13,15-16,20H,4,9,11,14H2,1-3H3,(H,26,27). The molecule has 0 saturated carbocycles. The Morgan fingerprint density at radius 3 is 2.88 bits per heavy atom. The van der Waals surface area contributed by atoms with Gasteiger partial charge in [-0.25, -0.2) is 14.8 Å². The van der Waals surface area contributed by atoms with E-state index in [9.17, 15) is 4.79 Å². The number of methoxy groups -OCH3 is 1. The maximum Gasteiger partial charge on any atom is 0.337 e. The number of hydrogen-bond acceptors (Lipinski definition) is 6. The lowest BCUT2D eigenvalue weighted by molar-refractivity contribution is 0.0601. The van der Waals surface area contributed by atoms with E-state index in [2.05, 4.69) is 47.0 Å². The smallest absolute Gasteiger partial charge is 0.337 e. The number of carbonyl (C=O) groups is 1. The second kappa shape index (κ2) is 10.1. The van der Waals surface area contributed by atoms with E-state index in [4.69, 9.17) is 9.72 Å². The third kappa shape index (κ3) is 5.06. The highest BCUT2D eigenvalue weighted by atomic mass is 32.1. The SMILES string of the molecule is CCN(C)C(CCc1ncc[nH]1)Cc1ccc2nc(-c3cccc(C(=O)OC)c3)sc2c1. The number of likely N-dealkylation sites (N-methyl/N-ethyl adjacent to an activating group) is 1. The minimum Gasteiger partial charge on any atom is -0.465 e. The molecule has 2 aromatic carbocycles. The molecule has 0 saturated heterocycles. The molecule has 0 spiro atoms. The van der Waals surface area contributed by atoms with Gasteiger partial charge < -0.3 is 14.6 Å². The topological polar surface area (TPSA) is 71.1 Å². The number of aromatic nitrogens is 3. The Morgan fingerprint density at radius 2 is 2.12 bits per heavy atom. The van der Waals surface area contributed by atoms with Gasteiger partial charge in [0.15, 0.2) is 0 Å². The predicted molar refractivity (Wildman–Crippen MR) is 129 cm³/mol. The Bertz CT molecular complexity index is 1190. The van der Waals surface area contributed by atoms with Crippen molar-refractivity contribution in [3.63, 3.8) is 0 Å². The number of aromatic amines is 1. The van der Waals surface area contributed by atoms with Gasteiger partial charge in [-0.05, 0) is 56.3 Å². The summed E-state index contributed by atoms with van der Waals surface area (Å²) in [5.74, 6) is 0.701. The van der Waals surface area contributed by atoms with Gasteiger partial charge in [-0.1, -0.05) is 25.1 Å². The van der Waals surface area contributed by atoms with Crippen molar-refractivity contribution in [2.45, 2.75) is 32.2 Å². The molecule has 0 radical (unpaired) electrons. The molecule has 0 aliphatic rings. The number of fused-ring (bicyclic) bond motifs is 1. The van der Waals surface area contributed by atoms with Gasteiger partial charge in [-0.2, -0.15) is 0 Å². The lowest BCUT2D eigenvalue weighted by Crippen LogP contribution is -2.34. The van der Waals surface area contributed by atoms with Crippen molar-refractivity contribution in [1.82, 2.24) is 19.9 Å². The first-order valence-electron chi connectivity index (χ1n) is 10.8. The van der Waals surface area contributed by atoms with Gasteiger partial charge >= 0.3 is 5.97 Å². The average Bonchev–Trinajstić information content (AvgIpc) is 3.50. The van der Waals surface area contributed by atoms with E-state index < -0.39 is 0 Å². The molecule has 4 aromatic rings. The molecule has 166 valence electrons. The number of nitrogens with one attached hydrogen (secondary N) is 1. The number of ether oxygens (including phenoxy) is 1.